The summed E-state index contributed by atoms with van der Waals surface area (Å²) in [6.45, 7) is 3.67. The Bertz CT molecular complexity index is 326. The van der Waals surface area contributed by atoms with E-state index in [-0.39, 0.29) is 32.9 Å². The van der Waals surface area contributed by atoms with Gasteiger partial charge in [-0.05, 0) is 0 Å². The predicted molar refractivity (Wildman–Crippen MR) is 88.9 cm³/mol. The maximum absolute atomic E-state index is 11.8. The van der Waals surface area contributed by atoms with Crippen molar-refractivity contribution in [2.24, 2.45) is 0 Å². The number of hydrogen-bond donors (Lipinski definition) is 0. The lowest BCUT2D eigenvalue weighted by Crippen LogP contribution is -2.32. The molecule has 10 heteroatoms. The van der Waals surface area contributed by atoms with Gasteiger partial charge in [0.25, 0.3) is 6.47 Å². The Labute approximate surface area is 153 Å². The van der Waals surface area contributed by atoms with Crippen LogP contribution in [0.5, 0.6) is 0 Å². The van der Waals surface area contributed by atoms with Crippen LogP contribution in [0.3, 0.4) is 0 Å². The lowest BCUT2D eigenvalue weighted by Gasteiger charge is -2.15. The van der Waals surface area contributed by atoms with Gasteiger partial charge >= 0.3 is 5.97 Å². The zero-order valence-corrected chi connectivity index (χ0v) is 15.5. The first-order chi connectivity index (χ1) is 12.8. The summed E-state index contributed by atoms with van der Waals surface area (Å²) in [7, 11) is 3.17. The number of esters is 1. The van der Waals surface area contributed by atoms with Crippen LogP contribution in [0.15, 0.2) is 0 Å². The van der Waals surface area contributed by atoms with E-state index in [9.17, 15) is 9.59 Å². The summed E-state index contributed by atoms with van der Waals surface area (Å²) in [4.78, 5) is 22.3. The summed E-state index contributed by atoms with van der Waals surface area (Å²) in [6, 6.07) is 0. The molecule has 26 heavy (non-hydrogen) atoms. The fourth-order valence-electron chi connectivity index (χ4n) is 1.54. The van der Waals surface area contributed by atoms with Crippen molar-refractivity contribution in [3.8, 4) is 0 Å². The fourth-order valence-corrected chi connectivity index (χ4v) is 1.54. The quantitative estimate of drug-likeness (QED) is 0.154. The summed E-state index contributed by atoms with van der Waals surface area (Å²) in [5.41, 5.74) is 0. The van der Waals surface area contributed by atoms with E-state index >= 15 is 0 Å². The van der Waals surface area contributed by atoms with Gasteiger partial charge < -0.3 is 37.9 Å². The largest absolute Gasteiger partial charge is 0.460 e. The van der Waals surface area contributed by atoms with E-state index in [4.69, 9.17) is 33.2 Å². The highest BCUT2D eigenvalue weighted by molar-refractivity contribution is 5.76. The Morgan fingerprint density at radius 3 is 1.69 bits per heavy atom. The highest BCUT2D eigenvalue weighted by Gasteiger charge is 2.21. The number of methoxy groups -OCH3 is 2. The van der Waals surface area contributed by atoms with Crippen molar-refractivity contribution in [2.45, 2.75) is 6.10 Å². The van der Waals surface area contributed by atoms with E-state index in [0.29, 0.717) is 46.2 Å². The molecule has 0 saturated heterocycles. The van der Waals surface area contributed by atoms with Gasteiger partial charge in [-0.1, -0.05) is 0 Å². The summed E-state index contributed by atoms with van der Waals surface area (Å²) >= 11 is 0. The third-order valence-corrected chi connectivity index (χ3v) is 2.83. The Kier molecular flexibility index (Phi) is 19.0. The predicted octanol–water partition coefficient (Wildman–Crippen LogP) is -0.570. The smallest absolute Gasteiger partial charge is 0.349 e. The van der Waals surface area contributed by atoms with Crippen LogP contribution in [0.2, 0.25) is 0 Å². The van der Waals surface area contributed by atoms with Crippen LogP contribution in [0.4, 0.5) is 0 Å². The van der Waals surface area contributed by atoms with E-state index in [1.165, 1.54) is 0 Å². The summed E-state index contributed by atoms with van der Waals surface area (Å²) in [5.74, 6) is -0.697. The molecule has 1 unspecified atom stereocenters. The second-order valence-corrected chi connectivity index (χ2v) is 4.79. The van der Waals surface area contributed by atoms with Crippen molar-refractivity contribution in [1.82, 2.24) is 0 Å². The Morgan fingerprint density at radius 1 is 0.731 bits per heavy atom. The molecule has 0 bridgehead atoms. The van der Waals surface area contributed by atoms with Crippen molar-refractivity contribution in [1.29, 1.82) is 0 Å². The van der Waals surface area contributed by atoms with E-state index in [1.54, 1.807) is 14.2 Å². The molecule has 0 fully saturated rings. The van der Waals surface area contributed by atoms with Crippen LogP contribution >= 0.6 is 0 Å². The standard InChI is InChI=1S/C16H30O10/c1-19-3-5-21-7-8-23-11-12-25-16(18)15(26-14-17)13-24-10-9-22-6-4-20-2/h14-15H,3-13H2,1-2H3. The molecule has 0 spiro atoms. The molecule has 154 valence electrons. The van der Waals surface area contributed by atoms with Crippen LogP contribution in [0.25, 0.3) is 0 Å². The van der Waals surface area contributed by atoms with Gasteiger partial charge in [-0.15, -0.1) is 0 Å². The molecule has 0 radical (unpaired) electrons. The molecule has 0 aliphatic carbocycles. The average molecular weight is 382 g/mol. The van der Waals surface area contributed by atoms with Gasteiger partial charge in [0.1, 0.15) is 6.61 Å². The van der Waals surface area contributed by atoms with E-state index < -0.39 is 12.1 Å². The van der Waals surface area contributed by atoms with Gasteiger partial charge in [-0.25, -0.2) is 4.79 Å². The average Bonchev–Trinajstić information content (AvgIpc) is 2.65. The summed E-state index contributed by atoms with van der Waals surface area (Å²) < 4.78 is 40.2. The summed E-state index contributed by atoms with van der Waals surface area (Å²) in [6.07, 6.45) is -1.12. The second-order valence-electron chi connectivity index (χ2n) is 4.79. The van der Waals surface area contributed by atoms with Crippen molar-refractivity contribution < 1.29 is 47.5 Å². The molecule has 0 rings (SSSR count). The normalized spacial score (nSPS) is 11.9. The molecule has 0 aliphatic rings. The first-order valence-corrected chi connectivity index (χ1v) is 8.30. The fraction of sp³-hybridized carbons (Fsp3) is 0.875. The van der Waals surface area contributed by atoms with Crippen molar-refractivity contribution >= 4 is 12.4 Å². The van der Waals surface area contributed by atoms with Gasteiger partial charge in [-0.2, -0.15) is 0 Å². The van der Waals surface area contributed by atoms with E-state index in [1.807, 2.05) is 0 Å². The number of ether oxygens (including phenoxy) is 8. The molecule has 0 aliphatic heterocycles. The highest BCUT2D eigenvalue weighted by atomic mass is 16.6. The number of carbonyl (C=O) groups excluding carboxylic acids is 2. The number of carbonyl (C=O) groups is 2. The first kappa shape index (κ1) is 24.7. The molecule has 0 saturated carbocycles. The SMILES string of the molecule is COCCOCCOCCOC(=O)C(COCCOCCOC)OC=O. The van der Waals surface area contributed by atoms with Gasteiger partial charge in [0.15, 0.2) is 0 Å². The Balaban J connectivity index is 3.66. The lowest BCUT2D eigenvalue weighted by molar-refractivity contribution is -0.167. The molecule has 0 heterocycles. The van der Waals surface area contributed by atoms with Crippen molar-refractivity contribution in [3.05, 3.63) is 0 Å². The monoisotopic (exact) mass is 382 g/mol. The van der Waals surface area contributed by atoms with Crippen LogP contribution in [0.1, 0.15) is 0 Å². The van der Waals surface area contributed by atoms with Crippen LogP contribution in [0, 0.1) is 0 Å². The molecule has 0 N–H and O–H groups in total. The first-order valence-electron chi connectivity index (χ1n) is 8.30. The Morgan fingerprint density at radius 2 is 1.19 bits per heavy atom. The molecule has 0 aromatic carbocycles. The van der Waals surface area contributed by atoms with Crippen LogP contribution < -0.4 is 0 Å². The molecule has 1 atom stereocenters. The zero-order valence-electron chi connectivity index (χ0n) is 15.5. The third kappa shape index (κ3) is 16.2. The maximum Gasteiger partial charge on any atom is 0.349 e. The van der Waals surface area contributed by atoms with Gasteiger partial charge in [0, 0.05) is 14.2 Å². The number of rotatable bonds is 20. The Hall–Kier alpha value is -1.30. The van der Waals surface area contributed by atoms with Gasteiger partial charge in [0.2, 0.25) is 6.10 Å². The molecule has 0 amide bonds. The highest BCUT2D eigenvalue weighted by Crippen LogP contribution is 1.97. The van der Waals surface area contributed by atoms with Gasteiger partial charge in [-0.3, -0.25) is 4.79 Å². The maximum atomic E-state index is 11.8. The summed E-state index contributed by atoms with van der Waals surface area (Å²) in [5, 5.41) is 0. The third-order valence-electron chi connectivity index (χ3n) is 2.83. The van der Waals surface area contributed by atoms with Crippen molar-refractivity contribution in [2.75, 3.05) is 86.9 Å². The lowest BCUT2D eigenvalue weighted by atomic mass is 10.4. The van der Waals surface area contributed by atoms with Crippen LogP contribution in [-0.2, 0) is 47.5 Å². The molecular weight excluding hydrogens is 352 g/mol. The molecule has 10 nitrogen and oxygen atoms in total. The number of hydrogen-bond acceptors (Lipinski definition) is 10. The molecular formula is C16H30O10. The zero-order chi connectivity index (χ0) is 19.3. The van der Waals surface area contributed by atoms with E-state index in [0.717, 1.165) is 0 Å². The van der Waals surface area contributed by atoms with Gasteiger partial charge in [0.05, 0.1) is 66.1 Å². The molecule has 0 aromatic heterocycles. The van der Waals surface area contributed by atoms with Crippen molar-refractivity contribution in [3.63, 3.8) is 0 Å². The minimum absolute atomic E-state index is 0.0375. The molecule has 0 aromatic rings. The second kappa shape index (κ2) is 20.0. The minimum atomic E-state index is -1.12. The minimum Gasteiger partial charge on any atom is -0.460 e. The van der Waals surface area contributed by atoms with E-state index in [2.05, 4.69) is 4.74 Å². The van der Waals surface area contributed by atoms with Crippen LogP contribution in [-0.4, -0.2) is 105 Å². The topological polar surface area (TPSA) is 108 Å².